The minimum atomic E-state index is -1.01. The van der Waals surface area contributed by atoms with Gasteiger partial charge in [-0.05, 0) is 18.2 Å². The number of aromatic nitrogens is 1. The molecule has 5 heteroatoms. The number of carboxylic acids is 1. The maximum absolute atomic E-state index is 11.3. The molecule has 0 atom stereocenters. The Bertz CT molecular complexity index is 750. The molecular formula is C15H11NO4. The lowest BCUT2D eigenvalue weighted by Crippen LogP contribution is -2.02. The van der Waals surface area contributed by atoms with Gasteiger partial charge in [-0.3, -0.25) is 0 Å². The molecule has 0 fully saturated rings. The Balaban J connectivity index is 1.97. The molecule has 0 unspecified atom stereocenters. The molecule has 20 heavy (non-hydrogen) atoms. The predicted octanol–water partition coefficient (Wildman–Crippen LogP) is 3.11. The molecular weight excluding hydrogens is 258 g/mol. The molecule has 0 spiro atoms. The first-order valence-corrected chi connectivity index (χ1v) is 6.02. The molecule has 0 saturated heterocycles. The van der Waals surface area contributed by atoms with Crippen molar-refractivity contribution in [2.24, 2.45) is 0 Å². The summed E-state index contributed by atoms with van der Waals surface area (Å²) in [7, 11) is 0. The summed E-state index contributed by atoms with van der Waals surface area (Å²) in [4.78, 5) is 15.6. The number of aromatic carboxylic acids is 1. The number of pyridine rings is 1. The highest BCUT2D eigenvalue weighted by Crippen LogP contribution is 2.22. The van der Waals surface area contributed by atoms with Gasteiger partial charge in [0.25, 0.3) is 0 Å². The largest absolute Gasteiger partial charge is 0.478 e. The number of hydrogen-bond acceptors (Lipinski definition) is 4. The number of furan rings is 1. The Kier molecular flexibility index (Phi) is 3.09. The molecule has 3 aromatic rings. The van der Waals surface area contributed by atoms with Crippen LogP contribution in [0.25, 0.3) is 10.9 Å². The molecule has 0 bridgehead atoms. The maximum Gasteiger partial charge on any atom is 0.336 e. The first-order valence-electron chi connectivity index (χ1n) is 6.02. The van der Waals surface area contributed by atoms with E-state index >= 15 is 0 Å². The number of carbonyl (C=O) groups is 1. The number of rotatable bonds is 4. The van der Waals surface area contributed by atoms with Crippen molar-refractivity contribution in [3.63, 3.8) is 0 Å². The Morgan fingerprint density at radius 3 is 2.85 bits per heavy atom. The fourth-order valence-electron chi connectivity index (χ4n) is 1.94. The number of nitrogens with zero attached hydrogens (tertiary/aromatic N) is 1. The van der Waals surface area contributed by atoms with Crippen LogP contribution in [0.5, 0.6) is 5.88 Å². The number of hydrogen-bond donors (Lipinski definition) is 1. The zero-order chi connectivity index (χ0) is 13.9. The molecule has 0 aliphatic heterocycles. The van der Waals surface area contributed by atoms with Crippen molar-refractivity contribution in [2.45, 2.75) is 6.61 Å². The van der Waals surface area contributed by atoms with Crippen molar-refractivity contribution in [3.05, 3.63) is 60.1 Å². The summed E-state index contributed by atoms with van der Waals surface area (Å²) in [6.07, 6.45) is 1.55. The van der Waals surface area contributed by atoms with Gasteiger partial charge in [0.2, 0.25) is 5.88 Å². The summed E-state index contributed by atoms with van der Waals surface area (Å²) in [5, 5.41) is 9.85. The average molecular weight is 269 g/mol. The first-order chi connectivity index (χ1) is 9.74. The van der Waals surface area contributed by atoms with Crippen molar-refractivity contribution in [3.8, 4) is 5.88 Å². The van der Waals surface area contributed by atoms with Crippen molar-refractivity contribution in [1.29, 1.82) is 0 Å². The summed E-state index contributed by atoms with van der Waals surface area (Å²) >= 11 is 0. The fraction of sp³-hybridized carbons (Fsp3) is 0.0667. The van der Waals surface area contributed by atoms with Gasteiger partial charge in [0.05, 0.1) is 17.3 Å². The second-order valence-corrected chi connectivity index (χ2v) is 4.20. The summed E-state index contributed by atoms with van der Waals surface area (Å²) in [5.74, 6) is -0.0965. The Labute approximate surface area is 114 Å². The zero-order valence-corrected chi connectivity index (χ0v) is 10.4. The molecule has 1 N–H and O–H groups in total. The normalized spacial score (nSPS) is 10.6. The molecule has 2 heterocycles. The highest BCUT2D eigenvalue weighted by Gasteiger charge is 2.12. The monoisotopic (exact) mass is 269 g/mol. The quantitative estimate of drug-likeness (QED) is 0.787. The summed E-state index contributed by atoms with van der Waals surface area (Å²) in [6.45, 7) is 0.206. The van der Waals surface area contributed by atoms with Crippen molar-refractivity contribution in [2.75, 3.05) is 0 Å². The van der Waals surface area contributed by atoms with Crippen molar-refractivity contribution in [1.82, 2.24) is 4.98 Å². The van der Waals surface area contributed by atoms with Gasteiger partial charge in [0.15, 0.2) is 0 Å². The molecule has 0 saturated carbocycles. The molecule has 2 aromatic heterocycles. The number of benzene rings is 1. The lowest BCUT2D eigenvalue weighted by molar-refractivity contribution is 0.0698. The molecule has 1 aromatic carbocycles. The Morgan fingerprint density at radius 1 is 1.25 bits per heavy atom. The molecule has 3 rings (SSSR count). The van der Waals surface area contributed by atoms with Gasteiger partial charge in [0, 0.05) is 11.5 Å². The summed E-state index contributed by atoms with van der Waals surface area (Å²) in [5.41, 5.74) is 0.756. The van der Waals surface area contributed by atoms with Crippen LogP contribution in [0.15, 0.2) is 53.1 Å². The second-order valence-electron chi connectivity index (χ2n) is 4.20. The van der Waals surface area contributed by atoms with Crippen LogP contribution in [0.1, 0.15) is 16.1 Å². The van der Waals surface area contributed by atoms with Gasteiger partial charge in [-0.25, -0.2) is 9.78 Å². The minimum Gasteiger partial charge on any atom is -0.478 e. The van der Waals surface area contributed by atoms with Gasteiger partial charge >= 0.3 is 5.97 Å². The smallest absolute Gasteiger partial charge is 0.336 e. The van der Waals surface area contributed by atoms with E-state index < -0.39 is 5.97 Å². The van der Waals surface area contributed by atoms with E-state index in [0.717, 1.165) is 0 Å². The third-order valence-corrected chi connectivity index (χ3v) is 2.87. The van der Waals surface area contributed by atoms with Gasteiger partial charge < -0.3 is 14.3 Å². The summed E-state index contributed by atoms with van der Waals surface area (Å²) < 4.78 is 10.6. The third-order valence-electron chi connectivity index (χ3n) is 2.87. The van der Waals surface area contributed by atoms with Crippen LogP contribution >= 0.6 is 0 Å². The van der Waals surface area contributed by atoms with Crippen LogP contribution in [0.3, 0.4) is 0 Å². The highest BCUT2D eigenvalue weighted by molar-refractivity contribution is 6.02. The number of para-hydroxylation sites is 1. The van der Waals surface area contributed by atoms with E-state index in [1.807, 2.05) is 0 Å². The van der Waals surface area contributed by atoms with Crippen LogP contribution < -0.4 is 4.74 Å². The molecule has 0 amide bonds. The number of carboxylic acid groups (broad SMARTS) is 1. The molecule has 0 radical (unpaired) electrons. The lowest BCUT2D eigenvalue weighted by Gasteiger charge is -2.07. The van der Waals surface area contributed by atoms with E-state index in [1.165, 1.54) is 6.07 Å². The van der Waals surface area contributed by atoms with Gasteiger partial charge in [-0.2, -0.15) is 0 Å². The SMILES string of the molecule is O=C(O)c1cc(OCc2ccco2)nc2ccccc12. The topological polar surface area (TPSA) is 72.6 Å². The van der Waals surface area contributed by atoms with Gasteiger partial charge in [-0.1, -0.05) is 18.2 Å². The Hall–Kier alpha value is -2.82. The molecule has 0 aliphatic rings. The van der Waals surface area contributed by atoms with Crippen LogP contribution in [0.2, 0.25) is 0 Å². The molecule has 5 nitrogen and oxygen atoms in total. The lowest BCUT2D eigenvalue weighted by atomic mass is 10.1. The van der Waals surface area contributed by atoms with Crippen LogP contribution in [0, 0.1) is 0 Å². The van der Waals surface area contributed by atoms with E-state index in [2.05, 4.69) is 4.98 Å². The van der Waals surface area contributed by atoms with Crippen LogP contribution in [-0.4, -0.2) is 16.1 Å². The molecule has 0 aliphatic carbocycles. The third kappa shape index (κ3) is 2.33. The van der Waals surface area contributed by atoms with E-state index in [4.69, 9.17) is 9.15 Å². The van der Waals surface area contributed by atoms with Crippen molar-refractivity contribution < 1.29 is 19.1 Å². The predicted molar refractivity (Wildman–Crippen MR) is 71.7 cm³/mol. The van der Waals surface area contributed by atoms with Crippen LogP contribution in [0.4, 0.5) is 0 Å². The summed E-state index contributed by atoms with van der Waals surface area (Å²) in [6, 6.07) is 12.0. The van der Waals surface area contributed by atoms with E-state index in [0.29, 0.717) is 16.7 Å². The number of ether oxygens (including phenoxy) is 1. The zero-order valence-electron chi connectivity index (χ0n) is 10.4. The Morgan fingerprint density at radius 2 is 2.10 bits per heavy atom. The fourth-order valence-corrected chi connectivity index (χ4v) is 1.94. The van der Waals surface area contributed by atoms with E-state index in [9.17, 15) is 9.90 Å². The average Bonchev–Trinajstić information content (AvgIpc) is 2.97. The standard InChI is InChI=1S/C15H11NO4/c17-15(18)12-8-14(20-9-10-4-3-7-19-10)16-13-6-2-1-5-11(12)13/h1-8H,9H2,(H,17,18). The van der Waals surface area contributed by atoms with Crippen LogP contribution in [-0.2, 0) is 6.61 Å². The molecule has 100 valence electrons. The maximum atomic E-state index is 11.3. The minimum absolute atomic E-state index is 0.171. The van der Waals surface area contributed by atoms with Crippen molar-refractivity contribution >= 4 is 16.9 Å². The second kappa shape index (κ2) is 5.05. The first kappa shape index (κ1) is 12.2. The highest BCUT2D eigenvalue weighted by atomic mass is 16.5. The van der Waals surface area contributed by atoms with E-state index in [-0.39, 0.29) is 18.1 Å². The van der Waals surface area contributed by atoms with E-state index in [1.54, 1.807) is 42.7 Å². The van der Waals surface area contributed by atoms with Gasteiger partial charge in [0.1, 0.15) is 12.4 Å². The number of fused-ring (bicyclic) bond motifs is 1. The van der Waals surface area contributed by atoms with Gasteiger partial charge in [-0.15, -0.1) is 0 Å².